The summed E-state index contributed by atoms with van der Waals surface area (Å²) >= 11 is 0. The first-order valence-corrected chi connectivity index (χ1v) is 9.30. The van der Waals surface area contributed by atoms with Crippen LogP contribution in [0.15, 0.2) is 29.2 Å². The maximum Gasteiger partial charge on any atom is 0.241 e. The molecule has 0 radical (unpaired) electrons. The van der Waals surface area contributed by atoms with Gasteiger partial charge in [-0.1, -0.05) is 0 Å². The molecular formula is C16H24N2O4S. The molecule has 0 unspecified atom stereocenters. The lowest BCUT2D eigenvalue weighted by Crippen LogP contribution is -2.51. The average Bonchev–Trinajstić information content (AvgIpc) is 2.54. The quantitative estimate of drug-likeness (QED) is 0.886. The van der Waals surface area contributed by atoms with E-state index in [1.165, 1.54) is 19.2 Å². The van der Waals surface area contributed by atoms with Gasteiger partial charge in [-0.15, -0.1) is 0 Å². The number of carbonyl (C=O) groups is 1. The minimum absolute atomic E-state index is 0.115. The predicted molar refractivity (Wildman–Crippen MR) is 87.8 cm³/mol. The largest absolute Gasteiger partial charge is 0.497 e. The zero-order valence-corrected chi connectivity index (χ0v) is 14.6. The van der Waals surface area contributed by atoms with E-state index >= 15 is 0 Å². The lowest BCUT2D eigenvalue weighted by molar-refractivity contribution is -0.135. The Bertz CT molecular complexity index is 643. The first-order valence-electron chi connectivity index (χ1n) is 7.82. The van der Waals surface area contributed by atoms with Crippen LogP contribution in [0.3, 0.4) is 0 Å². The van der Waals surface area contributed by atoms with Gasteiger partial charge in [0.25, 0.3) is 0 Å². The van der Waals surface area contributed by atoms with Crippen LogP contribution in [0.2, 0.25) is 0 Å². The molecule has 0 saturated carbocycles. The fraction of sp³-hybridized carbons (Fsp3) is 0.562. The molecule has 0 aromatic heterocycles. The predicted octanol–water partition coefficient (Wildman–Crippen LogP) is 1.76. The molecule has 6 nitrogen and oxygen atoms in total. The summed E-state index contributed by atoms with van der Waals surface area (Å²) in [5.41, 5.74) is 0. The molecular weight excluding hydrogens is 316 g/mol. The van der Waals surface area contributed by atoms with Gasteiger partial charge in [0.05, 0.1) is 18.0 Å². The summed E-state index contributed by atoms with van der Waals surface area (Å²) in [5, 5.41) is 0. The Morgan fingerprint density at radius 3 is 2.52 bits per heavy atom. The smallest absolute Gasteiger partial charge is 0.241 e. The van der Waals surface area contributed by atoms with E-state index in [0.29, 0.717) is 12.3 Å². The lowest BCUT2D eigenvalue weighted by atomic mass is 10.0. The summed E-state index contributed by atoms with van der Waals surface area (Å²) in [6.07, 6.45) is 3.04. The molecule has 1 aliphatic rings. The lowest BCUT2D eigenvalue weighted by Gasteiger charge is -2.35. The first kappa shape index (κ1) is 17.7. The van der Waals surface area contributed by atoms with Crippen LogP contribution < -0.4 is 9.46 Å². The minimum Gasteiger partial charge on any atom is -0.497 e. The van der Waals surface area contributed by atoms with Crippen molar-refractivity contribution in [2.24, 2.45) is 0 Å². The number of benzene rings is 1. The Balaban J connectivity index is 2.07. The summed E-state index contributed by atoms with van der Waals surface area (Å²) < 4.78 is 32.3. The average molecular weight is 340 g/mol. The molecule has 1 amide bonds. The van der Waals surface area contributed by atoms with E-state index in [4.69, 9.17) is 4.74 Å². The van der Waals surface area contributed by atoms with Gasteiger partial charge in [0.1, 0.15) is 5.75 Å². The van der Waals surface area contributed by atoms with Gasteiger partial charge in [-0.3, -0.25) is 4.79 Å². The van der Waals surface area contributed by atoms with Crippen molar-refractivity contribution < 1.29 is 17.9 Å². The SMILES string of the molecule is COc1ccc(S(=O)(=O)N[C@H](C)C(=O)N2CCCC[C@@H]2C)cc1. The molecule has 1 fully saturated rings. The van der Waals surface area contributed by atoms with E-state index in [1.807, 2.05) is 6.92 Å². The summed E-state index contributed by atoms with van der Waals surface area (Å²) in [5.74, 6) is 0.407. The molecule has 0 bridgehead atoms. The highest BCUT2D eigenvalue weighted by atomic mass is 32.2. The van der Waals surface area contributed by atoms with E-state index in [0.717, 1.165) is 19.3 Å². The molecule has 1 aromatic carbocycles. The highest BCUT2D eigenvalue weighted by molar-refractivity contribution is 7.89. The van der Waals surface area contributed by atoms with E-state index in [9.17, 15) is 13.2 Å². The molecule has 1 aromatic rings. The van der Waals surface area contributed by atoms with Gasteiger partial charge < -0.3 is 9.64 Å². The Hall–Kier alpha value is -1.60. The fourth-order valence-corrected chi connectivity index (χ4v) is 3.98. The highest BCUT2D eigenvalue weighted by Crippen LogP contribution is 2.19. The van der Waals surface area contributed by atoms with Gasteiger partial charge in [-0.25, -0.2) is 8.42 Å². The molecule has 1 heterocycles. The standard InChI is InChI=1S/C16H24N2O4S/c1-12-6-4-5-11-18(12)16(19)13(2)17-23(20,21)15-9-7-14(22-3)8-10-15/h7-10,12-13,17H,4-6,11H2,1-3H3/t12-,13+/m0/s1. The third-order valence-corrected chi connectivity index (χ3v) is 5.71. The molecule has 1 N–H and O–H groups in total. The van der Waals surface area contributed by atoms with Crippen LogP contribution in [-0.2, 0) is 14.8 Å². The molecule has 0 aliphatic carbocycles. The number of nitrogens with one attached hydrogen (secondary N) is 1. The van der Waals surface area contributed by atoms with Crippen LogP contribution in [0.1, 0.15) is 33.1 Å². The van der Waals surface area contributed by atoms with Crippen LogP contribution in [-0.4, -0.2) is 45.0 Å². The van der Waals surface area contributed by atoms with Crippen LogP contribution in [0.4, 0.5) is 0 Å². The van der Waals surface area contributed by atoms with Crippen LogP contribution in [0, 0.1) is 0 Å². The third-order valence-electron chi connectivity index (χ3n) is 4.16. The second-order valence-electron chi connectivity index (χ2n) is 5.89. The monoisotopic (exact) mass is 340 g/mol. The van der Waals surface area contributed by atoms with Crippen LogP contribution in [0.5, 0.6) is 5.75 Å². The number of ether oxygens (including phenoxy) is 1. The van der Waals surface area contributed by atoms with Gasteiger partial charge in [-0.2, -0.15) is 4.72 Å². The summed E-state index contributed by atoms with van der Waals surface area (Å²) in [6, 6.07) is 5.44. The maximum absolute atomic E-state index is 12.5. The topological polar surface area (TPSA) is 75.7 Å². The molecule has 2 rings (SSSR count). The number of sulfonamides is 1. The van der Waals surface area contributed by atoms with Crippen molar-refractivity contribution in [2.45, 2.75) is 50.1 Å². The van der Waals surface area contributed by atoms with Crippen molar-refractivity contribution in [1.82, 2.24) is 9.62 Å². The van der Waals surface area contributed by atoms with Crippen molar-refractivity contribution in [3.8, 4) is 5.75 Å². The van der Waals surface area contributed by atoms with Crippen molar-refractivity contribution in [3.63, 3.8) is 0 Å². The number of carbonyl (C=O) groups excluding carboxylic acids is 1. The number of piperidine rings is 1. The van der Waals surface area contributed by atoms with E-state index < -0.39 is 16.1 Å². The van der Waals surface area contributed by atoms with Gasteiger partial charge in [0.2, 0.25) is 15.9 Å². The van der Waals surface area contributed by atoms with E-state index in [2.05, 4.69) is 4.72 Å². The molecule has 7 heteroatoms. The number of amides is 1. The summed E-state index contributed by atoms with van der Waals surface area (Å²) in [7, 11) is -2.22. The highest BCUT2D eigenvalue weighted by Gasteiger charge is 2.29. The molecule has 1 aliphatic heterocycles. The van der Waals surface area contributed by atoms with E-state index in [1.54, 1.807) is 24.0 Å². The van der Waals surface area contributed by atoms with E-state index in [-0.39, 0.29) is 16.8 Å². The zero-order chi connectivity index (χ0) is 17.0. The second-order valence-corrected chi connectivity index (χ2v) is 7.61. The Labute approximate surface area is 137 Å². The summed E-state index contributed by atoms with van der Waals surface area (Å²) in [4.78, 5) is 14.4. The van der Waals surface area contributed by atoms with Crippen LogP contribution >= 0.6 is 0 Å². The molecule has 0 spiro atoms. The molecule has 128 valence electrons. The number of rotatable bonds is 5. The molecule has 1 saturated heterocycles. The van der Waals surface area contributed by atoms with Crippen molar-refractivity contribution in [2.75, 3.05) is 13.7 Å². The Kier molecular flexibility index (Phi) is 5.64. The maximum atomic E-state index is 12.5. The van der Waals surface area contributed by atoms with Crippen LogP contribution in [0.25, 0.3) is 0 Å². The second kappa shape index (κ2) is 7.31. The fourth-order valence-electron chi connectivity index (χ4n) is 2.78. The Morgan fingerprint density at radius 2 is 1.96 bits per heavy atom. The third kappa shape index (κ3) is 4.23. The number of methoxy groups -OCH3 is 1. The van der Waals surface area contributed by atoms with Crippen molar-refractivity contribution >= 4 is 15.9 Å². The first-order chi connectivity index (χ1) is 10.8. The molecule has 23 heavy (non-hydrogen) atoms. The number of nitrogens with zero attached hydrogens (tertiary/aromatic N) is 1. The van der Waals surface area contributed by atoms with Gasteiger partial charge >= 0.3 is 0 Å². The number of hydrogen-bond acceptors (Lipinski definition) is 4. The molecule has 2 atom stereocenters. The minimum atomic E-state index is -3.74. The number of hydrogen-bond donors (Lipinski definition) is 1. The summed E-state index contributed by atoms with van der Waals surface area (Å²) in [6.45, 7) is 4.28. The van der Waals surface area contributed by atoms with Crippen molar-refractivity contribution in [1.29, 1.82) is 0 Å². The van der Waals surface area contributed by atoms with Gasteiger partial charge in [0.15, 0.2) is 0 Å². The Morgan fingerprint density at radius 1 is 1.30 bits per heavy atom. The zero-order valence-electron chi connectivity index (χ0n) is 13.8. The number of likely N-dealkylation sites (tertiary alicyclic amines) is 1. The normalized spacial score (nSPS) is 20.1. The van der Waals surface area contributed by atoms with Crippen molar-refractivity contribution in [3.05, 3.63) is 24.3 Å². The van der Waals surface area contributed by atoms with Gasteiger partial charge in [-0.05, 0) is 57.4 Å². The van der Waals surface area contributed by atoms with Gasteiger partial charge in [0, 0.05) is 12.6 Å².